The molecule has 1 aromatic rings. The van der Waals surface area contributed by atoms with E-state index in [9.17, 15) is 4.79 Å². The normalized spacial score (nSPS) is 26.1. The van der Waals surface area contributed by atoms with Crippen molar-refractivity contribution in [3.05, 3.63) is 24.0 Å². The van der Waals surface area contributed by atoms with Crippen LogP contribution < -0.4 is 10.6 Å². The summed E-state index contributed by atoms with van der Waals surface area (Å²) in [6.07, 6.45) is 3.98. The average molecular weight is 274 g/mol. The largest absolute Gasteiger partial charge is 0.385 e. The fourth-order valence-corrected chi connectivity index (χ4v) is 3.32. The van der Waals surface area contributed by atoms with E-state index in [1.165, 1.54) is 0 Å². The Labute approximate surface area is 119 Å². The van der Waals surface area contributed by atoms with E-state index in [4.69, 9.17) is 0 Å². The smallest absolute Gasteiger partial charge is 0.224 e. The Bertz CT molecular complexity index is 491. The van der Waals surface area contributed by atoms with Crippen LogP contribution in [0.25, 0.3) is 0 Å². The van der Waals surface area contributed by atoms with Gasteiger partial charge < -0.3 is 10.6 Å². The molecule has 0 bridgehead atoms. The zero-order chi connectivity index (χ0) is 13.9. The maximum Gasteiger partial charge on any atom is 0.224 e. The number of carbonyl (C=O) groups excluding carboxylic acids is 1. The lowest BCUT2D eigenvalue weighted by Crippen LogP contribution is -2.45. The first-order valence-electron chi connectivity index (χ1n) is 7.48. The van der Waals surface area contributed by atoms with Crippen molar-refractivity contribution in [1.29, 1.82) is 0 Å². The highest BCUT2D eigenvalue weighted by molar-refractivity contribution is 5.82. The fraction of sp³-hybridized carbons (Fsp3) is 0.600. The second-order valence-corrected chi connectivity index (χ2v) is 5.60. The van der Waals surface area contributed by atoms with E-state index < -0.39 is 0 Å². The van der Waals surface area contributed by atoms with Crippen LogP contribution in [0.1, 0.15) is 25.5 Å². The molecule has 0 spiro atoms. The molecule has 2 aliphatic heterocycles. The highest BCUT2D eigenvalue weighted by Crippen LogP contribution is 2.28. The van der Waals surface area contributed by atoms with E-state index >= 15 is 0 Å². The molecule has 0 aromatic carbocycles. The Morgan fingerprint density at radius 2 is 2.45 bits per heavy atom. The average Bonchev–Trinajstić information content (AvgIpc) is 2.83. The topological polar surface area (TPSA) is 57.3 Å². The molecule has 2 atom stereocenters. The Kier molecular flexibility index (Phi) is 3.87. The number of piperidine rings is 1. The molecular weight excluding hydrogens is 252 g/mol. The van der Waals surface area contributed by atoms with E-state index in [1.54, 1.807) is 0 Å². The predicted molar refractivity (Wildman–Crippen MR) is 78.3 cm³/mol. The molecular formula is C15H22N4O. The van der Waals surface area contributed by atoms with Crippen molar-refractivity contribution in [3.63, 3.8) is 0 Å². The predicted octanol–water partition coefficient (Wildman–Crippen LogP) is 1.22. The van der Waals surface area contributed by atoms with E-state index in [0.29, 0.717) is 6.04 Å². The second kappa shape index (κ2) is 5.79. The highest BCUT2D eigenvalue weighted by atomic mass is 16.2. The quantitative estimate of drug-likeness (QED) is 0.867. The Hall–Kier alpha value is -1.62. The van der Waals surface area contributed by atoms with E-state index in [1.807, 2.05) is 12.3 Å². The van der Waals surface area contributed by atoms with Crippen LogP contribution in [0.2, 0.25) is 0 Å². The van der Waals surface area contributed by atoms with Crippen LogP contribution in [0, 0.1) is 5.92 Å². The van der Waals surface area contributed by atoms with Gasteiger partial charge in [0, 0.05) is 37.6 Å². The van der Waals surface area contributed by atoms with Gasteiger partial charge >= 0.3 is 0 Å². The van der Waals surface area contributed by atoms with E-state index in [2.05, 4.69) is 33.5 Å². The Morgan fingerprint density at radius 3 is 3.30 bits per heavy atom. The molecule has 2 fully saturated rings. The molecule has 0 radical (unpaired) electrons. The van der Waals surface area contributed by atoms with Crippen molar-refractivity contribution < 1.29 is 4.79 Å². The van der Waals surface area contributed by atoms with Crippen molar-refractivity contribution in [2.24, 2.45) is 5.92 Å². The van der Waals surface area contributed by atoms with Gasteiger partial charge in [0.05, 0.1) is 11.6 Å². The van der Waals surface area contributed by atoms with Gasteiger partial charge in [-0.15, -0.1) is 0 Å². The second-order valence-electron chi connectivity index (χ2n) is 5.60. The molecule has 1 amide bonds. The maximum atomic E-state index is 11.8. The molecule has 2 saturated heterocycles. The summed E-state index contributed by atoms with van der Waals surface area (Å²) in [6, 6.07) is 4.45. The number of carbonyl (C=O) groups is 1. The number of amides is 1. The van der Waals surface area contributed by atoms with E-state index in [-0.39, 0.29) is 11.8 Å². The van der Waals surface area contributed by atoms with Crippen LogP contribution in [0.4, 0.5) is 5.69 Å². The minimum absolute atomic E-state index is 0.181. The number of nitrogens with zero attached hydrogens (tertiary/aromatic N) is 2. The van der Waals surface area contributed by atoms with Crippen molar-refractivity contribution in [3.8, 4) is 0 Å². The molecule has 2 unspecified atom stereocenters. The first-order valence-corrected chi connectivity index (χ1v) is 7.48. The number of aromatic nitrogens is 1. The van der Waals surface area contributed by atoms with Crippen molar-refractivity contribution >= 4 is 11.6 Å². The molecule has 2 N–H and O–H groups in total. The number of rotatable bonds is 4. The number of pyridine rings is 1. The van der Waals surface area contributed by atoms with Gasteiger partial charge in [0.1, 0.15) is 0 Å². The molecule has 108 valence electrons. The lowest BCUT2D eigenvalue weighted by Gasteiger charge is -2.35. The monoisotopic (exact) mass is 274 g/mol. The number of hydrogen-bond donors (Lipinski definition) is 2. The van der Waals surface area contributed by atoms with Gasteiger partial charge in [0.25, 0.3) is 0 Å². The van der Waals surface area contributed by atoms with Crippen molar-refractivity contribution in [2.75, 3.05) is 25.0 Å². The zero-order valence-electron chi connectivity index (χ0n) is 11.9. The first kappa shape index (κ1) is 13.4. The standard InChI is InChI=1S/C15H22N4O/c1-2-16-11-5-6-17-12(8-11)10-19-7-3-4-13-14(19)9-18-15(13)20/h5-6,8,13-14H,2-4,7,9-10H2,1H3,(H,16,17)(H,18,20). The molecule has 3 rings (SSSR count). The van der Waals surface area contributed by atoms with Crippen LogP contribution in [-0.4, -0.2) is 41.5 Å². The summed E-state index contributed by atoms with van der Waals surface area (Å²) < 4.78 is 0. The molecule has 0 aliphatic carbocycles. The SMILES string of the molecule is CCNc1ccnc(CN2CCCC3C(=O)NCC32)c1. The van der Waals surface area contributed by atoms with Crippen LogP contribution in [0.15, 0.2) is 18.3 Å². The summed E-state index contributed by atoms with van der Waals surface area (Å²) in [5.41, 5.74) is 2.19. The Morgan fingerprint density at radius 1 is 1.55 bits per heavy atom. The number of likely N-dealkylation sites (tertiary alicyclic amines) is 1. The van der Waals surface area contributed by atoms with Gasteiger partial charge in [0.2, 0.25) is 5.91 Å². The molecule has 2 aliphatic rings. The van der Waals surface area contributed by atoms with Crippen molar-refractivity contribution in [1.82, 2.24) is 15.2 Å². The Balaban J connectivity index is 1.70. The molecule has 20 heavy (non-hydrogen) atoms. The van der Waals surface area contributed by atoms with E-state index in [0.717, 1.165) is 50.4 Å². The van der Waals surface area contributed by atoms with Crippen LogP contribution in [-0.2, 0) is 11.3 Å². The summed E-state index contributed by atoms with van der Waals surface area (Å²) in [5, 5.41) is 6.31. The summed E-state index contributed by atoms with van der Waals surface area (Å²) in [6.45, 7) is 5.68. The van der Waals surface area contributed by atoms with Crippen LogP contribution in [0.5, 0.6) is 0 Å². The van der Waals surface area contributed by atoms with Gasteiger partial charge in [-0.2, -0.15) is 0 Å². The molecule has 0 saturated carbocycles. The first-order chi connectivity index (χ1) is 9.78. The summed E-state index contributed by atoms with van der Waals surface area (Å²) in [7, 11) is 0. The molecule has 3 heterocycles. The highest BCUT2D eigenvalue weighted by Gasteiger charge is 2.40. The number of anilines is 1. The molecule has 5 nitrogen and oxygen atoms in total. The summed E-state index contributed by atoms with van der Waals surface area (Å²) in [5.74, 6) is 0.412. The van der Waals surface area contributed by atoms with Gasteiger partial charge in [0.15, 0.2) is 0 Å². The zero-order valence-corrected chi connectivity index (χ0v) is 11.9. The van der Waals surface area contributed by atoms with Gasteiger partial charge in [-0.1, -0.05) is 0 Å². The van der Waals surface area contributed by atoms with Crippen LogP contribution in [0.3, 0.4) is 0 Å². The van der Waals surface area contributed by atoms with Gasteiger partial charge in [-0.3, -0.25) is 14.7 Å². The maximum absolute atomic E-state index is 11.8. The number of hydrogen-bond acceptors (Lipinski definition) is 4. The number of fused-ring (bicyclic) bond motifs is 1. The lowest BCUT2D eigenvalue weighted by atomic mass is 9.91. The fourth-order valence-electron chi connectivity index (χ4n) is 3.32. The lowest BCUT2D eigenvalue weighted by molar-refractivity contribution is -0.124. The third kappa shape index (κ3) is 2.63. The van der Waals surface area contributed by atoms with Crippen molar-refractivity contribution in [2.45, 2.75) is 32.4 Å². The minimum Gasteiger partial charge on any atom is -0.385 e. The molecule has 1 aromatic heterocycles. The van der Waals surface area contributed by atoms with Crippen LogP contribution >= 0.6 is 0 Å². The number of nitrogens with one attached hydrogen (secondary N) is 2. The third-order valence-corrected chi connectivity index (χ3v) is 4.28. The minimum atomic E-state index is 0.181. The summed E-state index contributed by atoms with van der Waals surface area (Å²) >= 11 is 0. The van der Waals surface area contributed by atoms with Gasteiger partial charge in [-0.25, -0.2) is 0 Å². The molecule has 5 heteroatoms. The van der Waals surface area contributed by atoms with Gasteiger partial charge in [-0.05, 0) is 38.4 Å². The summed E-state index contributed by atoms with van der Waals surface area (Å²) in [4.78, 5) is 18.7. The third-order valence-electron chi connectivity index (χ3n) is 4.28.